The average Bonchev–Trinajstić information content (AvgIpc) is 2.02. The molecule has 0 bridgehead atoms. The number of likely N-dealkylation sites (tertiary alicyclic amines) is 1. The van der Waals surface area contributed by atoms with E-state index >= 15 is 0 Å². The number of piperidine rings is 1. The molecule has 4 heteroatoms. The first-order chi connectivity index (χ1) is 6.38. The van der Waals surface area contributed by atoms with Crippen molar-refractivity contribution in [3.8, 4) is 0 Å². The Labute approximate surface area is 98.8 Å². The van der Waals surface area contributed by atoms with Gasteiger partial charge in [0.2, 0.25) is 5.91 Å². The Bertz CT molecular complexity index is 205. The van der Waals surface area contributed by atoms with Crippen LogP contribution in [0.3, 0.4) is 0 Å². The van der Waals surface area contributed by atoms with Crippen molar-refractivity contribution < 1.29 is 4.79 Å². The highest BCUT2D eigenvalue weighted by Gasteiger charge is 2.24. The Hall–Kier alpha value is -0.280. The third kappa shape index (κ3) is 5.38. The summed E-state index contributed by atoms with van der Waals surface area (Å²) in [6.07, 6.45) is 2.55. The molecule has 1 rings (SSSR count). The van der Waals surface area contributed by atoms with Gasteiger partial charge < -0.3 is 10.6 Å². The Morgan fingerprint density at radius 3 is 2.20 bits per heavy atom. The van der Waals surface area contributed by atoms with Gasteiger partial charge in [-0.3, -0.25) is 4.79 Å². The van der Waals surface area contributed by atoms with Crippen molar-refractivity contribution in [1.82, 2.24) is 4.90 Å². The molecule has 0 aromatic heterocycles. The minimum atomic E-state index is 0. The van der Waals surface area contributed by atoms with E-state index in [1.165, 1.54) is 0 Å². The van der Waals surface area contributed by atoms with Crippen LogP contribution in [0.4, 0.5) is 0 Å². The number of hydrogen-bond acceptors (Lipinski definition) is 2. The van der Waals surface area contributed by atoms with Gasteiger partial charge in [0.15, 0.2) is 0 Å². The maximum Gasteiger partial charge on any atom is 0.223 e. The summed E-state index contributed by atoms with van der Waals surface area (Å²) in [5, 5.41) is 0. The highest BCUT2D eigenvalue weighted by atomic mass is 35.5. The summed E-state index contributed by atoms with van der Waals surface area (Å²) >= 11 is 0. The SMILES string of the molecule is CC(C)(C)CC(=O)N1CCC(N)CC1.Cl. The summed E-state index contributed by atoms with van der Waals surface area (Å²) in [5.74, 6) is 0.282. The van der Waals surface area contributed by atoms with E-state index in [9.17, 15) is 4.79 Å². The number of halogens is 1. The van der Waals surface area contributed by atoms with Gasteiger partial charge in [-0.15, -0.1) is 12.4 Å². The molecule has 1 aliphatic heterocycles. The lowest BCUT2D eigenvalue weighted by molar-refractivity contribution is -0.134. The normalized spacial score (nSPS) is 18.5. The minimum Gasteiger partial charge on any atom is -0.343 e. The summed E-state index contributed by atoms with van der Waals surface area (Å²) in [7, 11) is 0. The molecule has 0 aromatic rings. The highest BCUT2D eigenvalue weighted by Crippen LogP contribution is 2.21. The van der Waals surface area contributed by atoms with Gasteiger partial charge in [-0.2, -0.15) is 0 Å². The molecule has 1 amide bonds. The lowest BCUT2D eigenvalue weighted by Gasteiger charge is -2.32. The van der Waals surface area contributed by atoms with E-state index in [0.717, 1.165) is 25.9 Å². The Morgan fingerprint density at radius 2 is 1.80 bits per heavy atom. The van der Waals surface area contributed by atoms with Gasteiger partial charge in [0.25, 0.3) is 0 Å². The maximum atomic E-state index is 11.8. The van der Waals surface area contributed by atoms with E-state index < -0.39 is 0 Å². The maximum absolute atomic E-state index is 11.8. The van der Waals surface area contributed by atoms with Gasteiger partial charge in [-0.1, -0.05) is 20.8 Å². The molecule has 0 radical (unpaired) electrons. The van der Waals surface area contributed by atoms with Crippen molar-refractivity contribution in [2.24, 2.45) is 11.1 Å². The second-order valence-corrected chi connectivity index (χ2v) is 5.46. The van der Waals surface area contributed by atoms with E-state index in [-0.39, 0.29) is 23.7 Å². The monoisotopic (exact) mass is 234 g/mol. The zero-order valence-corrected chi connectivity index (χ0v) is 10.8. The molecule has 0 aliphatic carbocycles. The highest BCUT2D eigenvalue weighted by molar-refractivity contribution is 5.85. The number of nitrogens with two attached hydrogens (primary N) is 1. The molecule has 3 nitrogen and oxygen atoms in total. The second kappa shape index (κ2) is 5.71. The fourth-order valence-corrected chi connectivity index (χ4v) is 1.71. The van der Waals surface area contributed by atoms with Crippen LogP contribution >= 0.6 is 12.4 Å². The predicted octanol–water partition coefficient (Wildman–Crippen LogP) is 1.79. The van der Waals surface area contributed by atoms with Gasteiger partial charge in [-0.25, -0.2) is 0 Å². The second-order valence-electron chi connectivity index (χ2n) is 5.46. The van der Waals surface area contributed by atoms with E-state index in [4.69, 9.17) is 5.73 Å². The Morgan fingerprint density at radius 1 is 1.33 bits per heavy atom. The largest absolute Gasteiger partial charge is 0.343 e. The molecule has 1 aliphatic rings. The third-order valence-corrected chi connectivity index (χ3v) is 2.57. The van der Waals surface area contributed by atoms with Crippen molar-refractivity contribution in [1.29, 1.82) is 0 Å². The molecule has 0 unspecified atom stereocenters. The van der Waals surface area contributed by atoms with Gasteiger partial charge in [0, 0.05) is 25.6 Å². The van der Waals surface area contributed by atoms with Crippen molar-refractivity contribution in [3.63, 3.8) is 0 Å². The average molecular weight is 235 g/mol. The van der Waals surface area contributed by atoms with E-state index in [1.54, 1.807) is 0 Å². The number of carbonyl (C=O) groups is 1. The zero-order valence-electron chi connectivity index (χ0n) is 9.95. The molecule has 1 fully saturated rings. The molecule has 2 N–H and O–H groups in total. The quantitative estimate of drug-likeness (QED) is 0.752. The molecule has 0 saturated carbocycles. The Balaban J connectivity index is 0.00000196. The predicted molar refractivity (Wildman–Crippen MR) is 65.1 cm³/mol. The summed E-state index contributed by atoms with van der Waals surface area (Å²) in [4.78, 5) is 13.8. The molecular formula is C11H23ClN2O. The number of amides is 1. The number of carbonyl (C=O) groups excluding carboxylic acids is 1. The van der Waals surface area contributed by atoms with Gasteiger partial charge >= 0.3 is 0 Å². The summed E-state index contributed by atoms with van der Waals surface area (Å²) in [6, 6.07) is 0.300. The van der Waals surface area contributed by atoms with Crippen molar-refractivity contribution >= 4 is 18.3 Å². The van der Waals surface area contributed by atoms with Crippen LogP contribution in [0, 0.1) is 5.41 Å². The topological polar surface area (TPSA) is 46.3 Å². The van der Waals surface area contributed by atoms with Gasteiger partial charge in [-0.05, 0) is 18.3 Å². The standard InChI is InChI=1S/C11H22N2O.ClH/c1-11(2,3)8-10(14)13-6-4-9(12)5-7-13;/h9H,4-8,12H2,1-3H3;1H. The molecule has 90 valence electrons. The van der Waals surface area contributed by atoms with Crippen molar-refractivity contribution in [2.75, 3.05) is 13.1 Å². The van der Waals surface area contributed by atoms with Crippen LogP contribution in [0.1, 0.15) is 40.0 Å². The Kier molecular flexibility index (Phi) is 5.60. The molecule has 0 aromatic carbocycles. The van der Waals surface area contributed by atoms with Crippen LogP contribution in [0.2, 0.25) is 0 Å². The number of hydrogen-bond donors (Lipinski definition) is 1. The fraction of sp³-hybridized carbons (Fsp3) is 0.909. The van der Waals surface area contributed by atoms with Crippen LogP contribution < -0.4 is 5.73 Å². The lowest BCUT2D eigenvalue weighted by Crippen LogP contribution is -2.43. The zero-order chi connectivity index (χ0) is 10.8. The number of rotatable bonds is 1. The van der Waals surface area contributed by atoms with E-state index in [1.807, 2.05) is 4.90 Å². The molecule has 1 heterocycles. The first-order valence-electron chi connectivity index (χ1n) is 5.42. The summed E-state index contributed by atoms with van der Waals surface area (Å²) in [5.41, 5.74) is 5.88. The van der Waals surface area contributed by atoms with Gasteiger partial charge in [0.1, 0.15) is 0 Å². The summed E-state index contributed by atoms with van der Waals surface area (Å²) < 4.78 is 0. The smallest absolute Gasteiger partial charge is 0.223 e. The molecular weight excluding hydrogens is 212 g/mol. The third-order valence-electron chi connectivity index (χ3n) is 2.57. The lowest BCUT2D eigenvalue weighted by atomic mass is 9.91. The van der Waals surface area contributed by atoms with Crippen LogP contribution in [0.15, 0.2) is 0 Å². The number of nitrogens with zero attached hydrogens (tertiary/aromatic N) is 1. The minimum absolute atomic E-state index is 0. The molecule has 15 heavy (non-hydrogen) atoms. The molecule has 0 atom stereocenters. The van der Waals surface area contributed by atoms with Crippen molar-refractivity contribution in [3.05, 3.63) is 0 Å². The molecule has 1 saturated heterocycles. The van der Waals surface area contributed by atoms with Gasteiger partial charge in [0.05, 0.1) is 0 Å². The van der Waals surface area contributed by atoms with Crippen molar-refractivity contribution in [2.45, 2.75) is 46.1 Å². The van der Waals surface area contributed by atoms with E-state index in [0.29, 0.717) is 12.5 Å². The fourth-order valence-electron chi connectivity index (χ4n) is 1.71. The van der Waals surface area contributed by atoms with Crippen LogP contribution in [0.25, 0.3) is 0 Å². The van der Waals surface area contributed by atoms with Crippen LogP contribution in [0.5, 0.6) is 0 Å². The van der Waals surface area contributed by atoms with Crippen LogP contribution in [-0.2, 0) is 4.79 Å². The molecule has 0 spiro atoms. The first kappa shape index (κ1) is 14.7. The summed E-state index contributed by atoms with van der Waals surface area (Å²) in [6.45, 7) is 7.98. The first-order valence-corrected chi connectivity index (χ1v) is 5.42. The van der Waals surface area contributed by atoms with Crippen LogP contribution in [-0.4, -0.2) is 29.9 Å². The van der Waals surface area contributed by atoms with E-state index in [2.05, 4.69) is 20.8 Å².